The summed E-state index contributed by atoms with van der Waals surface area (Å²) in [4.78, 5) is 22.9. The van der Waals surface area contributed by atoms with Gasteiger partial charge in [0, 0.05) is 12.6 Å². The van der Waals surface area contributed by atoms with Crippen LogP contribution in [0.2, 0.25) is 0 Å². The summed E-state index contributed by atoms with van der Waals surface area (Å²) in [6.45, 7) is 3.33. The second-order valence-corrected chi connectivity index (χ2v) is 4.86. The molecule has 0 bridgehead atoms. The van der Waals surface area contributed by atoms with Gasteiger partial charge in [-0.15, -0.1) is 0 Å². The summed E-state index contributed by atoms with van der Waals surface area (Å²) in [6, 6.07) is 10.7. The second-order valence-electron chi connectivity index (χ2n) is 4.86. The maximum atomic E-state index is 12.0. The molecule has 5 nitrogen and oxygen atoms in total. The highest BCUT2D eigenvalue weighted by atomic mass is 16.3. The van der Waals surface area contributed by atoms with Gasteiger partial charge in [0.2, 0.25) is 11.8 Å². The lowest BCUT2D eigenvalue weighted by molar-refractivity contribution is -0.121. The fourth-order valence-corrected chi connectivity index (χ4v) is 2.00. The molecule has 2 N–H and O–H groups in total. The van der Waals surface area contributed by atoms with Crippen molar-refractivity contribution in [1.82, 2.24) is 5.32 Å². The smallest absolute Gasteiger partial charge is 0.224 e. The normalized spacial score (nSPS) is 11.7. The Morgan fingerprint density at radius 1 is 1.19 bits per heavy atom. The minimum absolute atomic E-state index is 0.0776. The Bertz CT molecular complexity index is 603. The van der Waals surface area contributed by atoms with E-state index in [2.05, 4.69) is 10.6 Å². The largest absolute Gasteiger partial charge is 0.467 e. The molecule has 2 amide bonds. The van der Waals surface area contributed by atoms with Gasteiger partial charge in [-0.3, -0.25) is 9.59 Å². The molecule has 0 saturated carbocycles. The number of carbonyl (C=O) groups excluding carboxylic acids is 2. The van der Waals surface area contributed by atoms with Crippen molar-refractivity contribution in [3.05, 3.63) is 54.0 Å². The molecule has 21 heavy (non-hydrogen) atoms. The van der Waals surface area contributed by atoms with E-state index >= 15 is 0 Å². The van der Waals surface area contributed by atoms with Crippen LogP contribution < -0.4 is 10.6 Å². The molecule has 0 aliphatic carbocycles. The molecule has 0 radical (unpaired) electrons. The van der Waals surface area contributed by atoms with Gasteiger partial charge in [-0.1, -0.05) is 12.1 Å². The lowest BCUT2D eigenvalue weighted by Gasteiger charge is -2.11. The highest BCUT2D eigenvalue weighted by Gasteiger charge is 2.12. The van der Waals surface area contributed by atoms with Crippen molar-refractivity contribution in [3.8, 4) is 0 Å². The van der Waals surface area contributed by atoms with Gasteiger partial charge in [0.05, 0.1) is 18.7 Å². The van der Waals surface area contributed by atoms with Crippen LogP contribution in [0.4, 0.5) is 5.69 Å². The van der Waals surface area contributed by atoms with E-state index in [1.807, 2.05) is 25.1 Å². The van der Waals surface area contributed by atoms with Crippen molar-refractivity contribution in [3.63, 3.8) is 0 Å². The van der Waals surface area contributed by atoms with E-state index in [9.17, 15) is 9.59 Å². The third-order valence-electron chi connectivity index (χ3n) is 2.99. The van der Waals surface area contributed by atoms with E-state index in [0.717, 1.165) is 17.0 Å². The van der Waals surface area contributed by atoms with Crippen LogP contribution in [-0.4, -0.2) is 11.8 Å². The maximum Gasteiger partial charge on any atom is 0.224 e. The van der Waals surface area contributed by atoms with E-state index in [-0.39, 0.29) is 24.3 Å². The summed E-state index contributed by atoms with van der Waals surface area (Å²) in [7, 11) is 0. The molecule has 1 aromatic heterocycles. The minimum atomic E-state index is -0.161. The topological polar surface area (TPSA) is 71.3 Å². The second kappa shape index (κ2) is 6.74. The number of carbonyl (C=O) groups is 2. The van der Waals surface area contributed by atoms with E-state index < -0.39 is 0 Å². The average molecular weight is 286 g/mol. The van der Waals surface area contributed by atoms with Crippen LogP contribution >= 0.6 is 0 Å². The zero-order valence-electron chi connectivity index (χ0n) is 12.1. The van der Waals surface area contributed by atoms with Crippen LogP contribution in [-0.2, 0) is 16.0 Å². The summed E-state index contributed by atoms with van der Waals surface area (Å²) in [5.74, 6) is 0.531. The highest BCUT2D eigenvalue weighted by Crippen LogP contribution is 2.13. The van der Waals surface area contributed by atoms with E-state index in [1.165, 1.54) is 6.92 Å². The first-order valence-electron chi connectivity index (χ1n) is 6.74. The molecule has 0 saturated heterocycles. The zero-order valence-corrected chi connectivity index (χ0v) is 12.1. The molecule has 1 atom stereocenters. The summed E-state index contributed by atoms with van der Waals surface area (Å²) >= 11 is 0. The molecule has 0 aliphatic heterocycles. The molecule has 110 valence electrons. The van der Waals surface area contributed by atoms with E-state index in [0.29, 0.717) is 0 Å². The number of furan rings is 1. The molecule has 1 aromatic carbocycles. The monoisotopic (exact) mass is 286 g/mol. The summed E-state index contributed by atoms with van der Waals surface area (Å²) in [5, 5.41) is 5.56. The fourth-order valence-electron chi connectivity index (χ4n) is 2.00. The predicted octanol–water partition coefficient (Wildman–Crippen LogP) is 2.66. The van der Waals surface area contributed by atoms with Crippen molar-refractivity contribution in [2.24, 2.45) is 0 Å². The molecule has 0 aliphatic rings. The van der Waals surface area contributed by atoms with Crippen molar-refractivity contribution in [2.45, 2.75) is 26.3 Å². The molecule has 0 spiro atoms. The average Bonchev–Trinajstić information content (AvgIpc) is 2.94. The van der Waals surface area contributed by atoms with Gasteiger partial charge in [-0.05, 0) is 36.8 Å². The van der Waals surface area contributed by atoms with Gasteiger partial charge in [0.1, 0.15) is 5.76 Å². The van der Waals surface area contributed by atoms with Crippen molar-refractivity contribution in [1.29, 1.82) is 0 Å². The number of hydrogen-bond acceptors (Lipinski definition) is 3. The van der Waals surface area contributed by atoms with Gasteiger partial charge < -0.3 is 15.1 Å². The van der Waals surface area contributed by atoms with Gasteiger partial charge in [0.25, 0.3) is 0 Å². The molecule has 2 aromatic rings. The van der Waals surface area contributed by atoms with Crippen LogP contribution in [0, 0.1) is 0 Å². The molecular formula is C16H18N2O3. The summed E-state index contributed by atoms with van der Waals surface area (Å²) in [5.41, 5.74) is 1.60. The Balaban J connectivity index is 1.89. The summed E-state index contributed by atoms with van der Waals surface area (Å²) in [6.07, 6.45) is 1.87. The van der Waals surface area contributed by atoms with Crippen LogP contribution in [0.15, 0.2) is 47.1 Å². The molecule has 5 heteroatoms. The highest BCUT2D eigenvalue weighted by molar-refractivity contribution is 5.88. The first-order valence-corrected chi connectivity index (χ1v) is 6.74. The summed E-state index contributed by atoms with van der Waals surface area (Å²) < 4.78 is 5.24. The van der Waals surface area contributed by atoms with Crippen molar-refractivity contribution in [2.75, 3.05) is 5.32 Å². The standard InChI is InChI=1S/C16H18N2O3/c1-11(15-4-3-9-21-15)17-16(20)10-13-5-7-14(8-6-13)18-12(2)19/h3-9,11H,10H2,1-2H3,(H,17,20)(H,18,19)/t11-/m1/s1. The number of anilines is 1. The molecule has 1 heterocycles. The van der Waals surface area contributed by atoms with E-state index in [1.54, 1.807) is 24.5 Å². The Kier molecular flexibility index (Phi) is 4.77. The fraction of sp³-hybridized carbons (Fsp3) is 0.250. The van der Waals surface area contributed by atoms with Gasteiger partial charge in [0.15, 0.2) is 0 Å². The number of amides is 2. The van der Waals surface area contributed by atoms with Crippen molar-refractivity contribution >= 4 is 17.5 Å². The van der Waals surface area contributed by atoms with Crippen LogP contribution in [0.1, 0.15) is 31.2 Å². The number of nitrogens with one attached hydrogen (secondary N) is 2. The lowest BCUT2D eigenvalue weighted by atomic mass is 10.1. The molecule has 2 rings (SSSR count). The Morgan fingerprint density at radius 3 is 2.48 bits per heavy atom. The van der Waals surface area contributed by atoms with Gasteiger partial charge >= 0.3 is 0 Å². The maximum absolute atomic E-state index is 12.0. The molecule has 0 unspecified atom stereocenters. The van der Waals surface area contributed by atoms with Crippen LogP contribution in [0.3, 0.4) is 0 Å². The SMILES string of the molecule is CC(=O)Nc1ccc(CC(=O)N[C@H](C)c2ccco2)cc1. The third-order valence-corrected chi connectivity index (χ3v) is 2.99. The number of benzene rings is 1. The first-order chi connectivity index (χ1) is 10.0. The van der Waals surface area contributed by atoms with Crippen molar-refractivity contribution < 1.29 is 14.0 Å². The van der Waals surface area contributed by atoms with Crippen LogP contribution in [0.25, 0.3) is 0 Å². The quantitative estimate of drug-likeness (QED) is 0.887. The number of rotatable bonds is 5. The minimum Gasteiger partial charge on any atom is -0.467 e. The van der Waals surface area contributed by atoms with Crippen LogP contribution in [0.5, 0.6) is 0 Å². The Hall–Kier alpha value is -2.56. The van der Waals surface area contributed by atoms with Gasteiger partial charge in [-0.2, -0.15) is 0 Å². The zero-order chi connectivity index (χ0) is 15.2. The molecular weight excluding hydrogens is 268 g/mol. The Labute approximate surface area is 123 Å². The first kappa shape index (κ1) is 14.8. The predicted molar refractivity (Wildman–Crippen MR) is 79.7 cm³/mol. The third kappa shape index (κ3) is 4.49. The van der Waals surface area contributed by atoms with E-state index in [4.69, 9.17) is 4.42 Å². The van der Waals surface area contributed by atoms with Gasteiger partial charge in [-0.25, -0.2) is 0 Å². The molecule has 0 fully saturated rings. The number of hydrogen-bond donors (Lipinski definition) is 2. The Morgan fingerprint density at radius 2 is 1.90 bits per heavy atom. The lowest BCUT2D eigenvalue weighted by Crippen LogP contribution is -2.27.